The highest BCUT2D eigenvalue weighted by molar-refractivity contribution is 6.25. The van der Waals surface area contributed by atoms with E-state index < -0.39 is 52.3 Å². The van der Waals surface area contributed by atoms with Gasteiger partial charge in [-0.25, -0.2) is 9.29 Å². The molecule has 2 amide bonds. The van der Waals surface area contributed by atoms with Crippen molar-refractivity contribution in [3.8, 4) is 0 Å². The number of aryl methyl sites for hydroxylation is 1. The van der Waals surface area contributed by atoms with Crippen LogP contribution in [0.4, 0.5) is 15.8 Å². The first-order chi connectivity index (χ1) is 17.8. The Morgan fingerprint density at radius 2 is 1.70 bits per heavy atom. The van der Waals surface area contributed by atoms with Crippen molar-refractivity contribution in [2.24, 2.45) is 16.9 Å². The SMILES string of the molecule is Cc1cc([N+](=O)[O-])ccc1N1C(=O)[C@@H]2[C@@H](C1=O)[C@H]1c3ccccc3C=NN1[C@@H]2C(=O)c1ccc(F)cc1. The number of Topliss-reactive ketones (excluding diaryl/α,β-unsaturated/α-hetero) is 1. The van der Waals surface area contributed by atoms with E-state index >= 15 is 0 Å². The number of carbonyl (C=O) groups excluding carboxylic acids is 3. The third-order valence-corrected chi connectivity index (χ3v) is 7.32. The Bertz CT molecular complexity index is 1540. The summed E-state index contributed by atoms with van der Waals surface area (Å²) in [5.74, 6) is -3.98. The molecule has 0 aromatic heterocycles. The number of ketones is 1. The largest absolute Gasteiger partial charge is 0.292 e. The number of hydrogen-bond donors (Lipinski definition) is 0. The van der Waals surface area contributed by atoms with Gasteiger partial charge in [-0.1, -0.05) is 24.3 Å². The Balaban J connectivity index is 1.49. The van der Waals surface area contributed by atoms with Crippen LogP contribution in [0.1, 0.15) is 33.1 Å². The highest BCUT2D eigenvalue weighted by Crippen LogP contribution is 2.53. The van der Waals surface area contributed by atoms with Crippen LogP contribution in [0.2, 0.25) is 0 Å². The van der Waals surface area contributed by atoms with Gasteiger partial charge in [0.2, 0.25) is 11.8 Å². The Hall–Kier alpha value is -4.73. The molecule has 0 N–H and O–H groups in total. The van der Waals surface area contributed by atoms with E-state index in [0.717, 1.165) is 16.0 Å². The summed E-state index contributed by atoms with van der Waals surface area (Å²) < 4.78 is 13.6. The number of nitrogens with zero attached hydrogens (tertiary/aromatic N) is 4. The summed E-state index contributed by atoms with van der Waals surface area (Å²) in [6.45, 7) is 1.59. The van der Waals surface area contributed by atoms with Crippen LogP contribution >= 0.6 is 0 Å². The molecule has 2 fully saturated rings. The maximum atomic E-state index is 13.9. The molecular formula is C27H19FN4O5. The van der Waals surface area contributed by atoms with Crippen LogP contribution in [0.25, 0.3) is 0 Å². The summed E-state index contributed by atoms with van der Waals surface area (Å²) in [4.78, 5) is 53.3. The lowest BCUT2D eigenvalue weighted by molar-refractivity contribution is -0.384. The maximum absolute atomic E-state index is 13.9. The lowest BCUT2D eigenvalue weighted by Crippen LogP contribution is -2.44. The fourth-order valence-electron chi connectivity index (χ4n) is 5.69. The predicted molar refractivity (Wildman–Crippen MR) is 130 cm³/mol. The standard InChI is InChI=1S/C27H19FN4O5/c1-14-12-18(32(36)37)10-11-20(14)30-26(34)21-22(27(30)35)24(25(33)15-6-8-17(28)9-7-15)31-23(21)19-5-3-2-4-16(19)13-29-31/h2-13,21-24H,1H3/t21-,22-,23-,24+/m1/s1. The molecule has 184 valence electrons. The van der Waals surface area contributed by atoms with Crippen molar-refractivity contribution in [1.82, 2.24) is 5.01 Å². The van der Waals surface area contributed by atoms with Crippen LogP contribution in [-0.4, -0.2) is 39.8 Å². The number of amides is 2. The van der Waals surface area contributed by atoms with Gasteiger partial charge >= 0.3 is 0 Å². The van der Waals surface area contributed by atoms with Gasteiger partial charge in [-0.2, -0.15) is 5.10 Å². The van der Waals surface area contributed by atoms with E-state index in [9.17, 15) is 28.9 Å². The van der Waals surface area contributed by atoms with Crippen LogP contribution in [-0.2, 0) is 9.59 Å². The number of hydrazone groups is 1. The summed E-state index contributed by atoms with van der Waals surface area (Å²) >= 11 is 0. The predicted octanol–water partition coefficient (Wildman–Crippen LogP) is 3.80. The number of non-ortho nitro benzene ring substituents is 1. The average Bonchev–Trinajstić information content (AvgIpc) is 3.36. The van der Waals surface area contributed by atoms with E-state index in [4.69, 9.17) is 0 Å². The topological polar surface area (TPSA) is 113 Å². The number of fused-ring (bicyclic) bond motifs is 5. The monoisotopic (exact) mass is 498 g/mol. The molecule has 3 heterocycles. The summed E-state index contributed by atoms with van der Waals surface area (Å²) in [6, 6.07) is 14.5. The normalized spacial score (nSPS) is 23.6. The van der Waals surface area contributed by atoms with E-state index in [-0.39, 0.29) is 16.9 Å². The van der Waals surface area contributed by atoms with Crippen LogP contribution < -0.4 is 4.90 Å². The highest BCUT2D eigenvalue weighted by Gasteiger charge is 2.65. The molecular weight excluding hydrogens is 479 g/mol. The molecule has 10 heteroatoms. The molecule has 6 rings (SSSR count). The first-order valence-corrected chi connectivity index (χ1v) is 11.6. The number of hydrogen-bond acceptors (Lipinski definition) is 7. The molecule has 0 spiro atoms. The molecule has 3 aliphatic heterocycles. The third-order valence-electron chi connectivity index (χ3n) is 7.32. The van der Waals surface area contributed by atoms with Crippen molar-refractivity contribution in [2.75, 3.05) is 4.90 Å². The number of imide groups is 1. The first kappa shape index (κ1) is 22.7. The highest BCUT2D eigenvalue weighted by atomic mass is 19.1. The minimum absolute atomic E-state index is 0.161. The molecule has 9 nitrogen and oxygen atoms in total. The van der Waals surface area contributed by atoms with Crippen LogP contribution in [0.5, 0.6) is 0 Å². The fourth-order valence-corrected chi connectivity index (χ4v) is 5.69. The number of nitro benzene ring substituents is 1. The molecule has 37 heavy (non-hydrogen) atoms. The molecule has 0 aliphatic carbocycles. The molecule has 3 aromatic carbocycles. The number of rotatable bonds is 4. The van der Waals surface area contributed by atoms with Gasteiger partial charge in [0.05, 0.1) is 34.7 Å². The third kappa shape index (κ3) is 3.29. The average molecular weight is 498 g/mol. The second kappa shape index (κ2) is 8.16. The summed E-state index contributed by atoms with van der Waals surface area (Å²) in [5, 5.41) is 17.2. The molecule has 2 saturated heterocycles. The smallest absolute Gasteiger partial charge is 0.269 e. The second-order valence-electron chi connectivity index (χ2n) is 9.31. The lowest BCUT2D eigenvalue weighted by Gasteiger charge is -2.34. The molecule has 0 bridgehead atoms. The Labute approximate surface area is 210 Å². The van der Waals surface area contributed by atoms with Gasteiger partial charge in [0, 0.05) is 17.7 Å². The first-order valence-electron chi connectivity index (χ1n) is 11.6. The summed E-state index contributed by atoms with van der Waals surface area (Å²) in [6.07, 6.45) is 1.60. The molecule has 4 atom stereocenters. The quantitative estimate of drug-likeness (QED) is 0.234. The molecule has 0 unspecified atom stereocenters. The van der Waals surface area contributed by atoms with Crippen LogP contribution in [0, 0.1) is 34.7 Å². The van der Waals surface area contributed by atoms with Crippen molar-refractivity contribution < 1.29 is 23.7 Å². The number of halogens is 1. The van der Waals surface area contributed by atoms with Crippen LogP contribution in [0.3, 0.4) is 0 Å². The maximum Gasteiger partial charge on any atom is 0.269 e. The van der Waals surface area contributed by atoms with Gasteiger partial charge in [0.15, 0.2) is 5.78 Å². The second-order valence-corrected chi connectivity index (χ2v) is 9.31. The number of carbonyl (C=O) groups is 3. The van der Waals surface area contributed by atoms with Crippen molar-refractivity contribution in [2.45, 2.75) is 19.0 Å². The van der Waals surface area contributed by atoms with Gasteiger partial charge in [0.25, 0.3) is 5.69 Å². The summed E-state index contributed by atoms with van der Waals surface area (Å²) in [5.41, 5.74) is 2.21. The van der Waals surface area contributed by atoms with Gasteiger partial charge < -0.3 is 0 Å². The minimum atomic E-state index is -1.09. The number of benzene rings is 3. The zero-order valence-electron chi connectivity index (χ0n) is 19.4. The lowest BCUT2D eigenvalue weighted by atomic mass is 9.83. The Morgan fingerprint density at radius 3 is 2.41 bits per heavy atom. The van der Waals surface area contributed by atoms with E-state index in [1.54, 1.807) is 13.1 Å². The molecule has 3 aromatic rings. The zero-order chi connectivity index (χ0) is 26.0. The van der Waals surface area contributed by atoms with E-state index in [0.29, 0.717) is 5.56 Å². The van der Waals surface area contributed by atoms with Crippen molar-refractivity contribution in [3.63, 3.8) is 0 Å². The minimum Gasteiger partial charge on any atom is -0.292 e. The summed E-state index contributed by atoms with van der Waals surface area (Å²) in [7, 11) is 0. The molecule has 3 aliphatic rings. The van der Waals surface area contributed by atoms with Gasteiger partial charge in [-0.05, 0) is 53.9 Å². The van der Waals surface area contributed by atoms with Crippen LogP contribution in [0.15, 0.2) is 71.8 Å². The Morgan fingerprint density at radius 1 is 1.00 bits per heavy atom. The van der Waals surface area contributed by atoms with Crippen molar-refractivity contribution in [3.05, 3.63) is 105 Å². The van der Waals surface area contributed by atoms with Gasteiger partial charge in [-0.15, -0.1) is 0 Å². The van der Waals surface area contributed by atoms with Crippen molar-refractivity contribution >= 4 is 35.2 Å². The molecule has 0 radical (unpaired) electrons. The van der Waals surface area contributed by atoms with Crippen molar-refractivity contribution in [1.29, 1.82) is 0 Å². The number of anilines is 1. The van der Waals surface area contributed by atoms with E-state index in [2.05, 4.69) is 5.10 Å². The Kier molecular flexibility index (Phi) is 5.01. The van der Waals surface area contributed by atoms with Gasteiger partial charge in [0.1, 0.15) is 11.9 Å². The molecule has 0 saturated carbocycles. The van der Waals surface area contributed by atoms with E-state index in [1.165, 1.54) is 47.5 Å². The zero-order valence-corrected chi connectivity index (χ0v) is 19.4. The number of nitro groups is 1. The van der Waals surface area contributed by atoms with Gasteiger partial charge in [-0.3, -0.25) is 29.5 Å². The fraction of sp³-hybridized carbons (Fsp3) is 0.185. The van der Waals surface area contributed by atoms with E-state index in [1.807, 2.05) is 24.3 Å².